The van der Waals surface area contributed by atoms with Crippen molar-refractivity contribution in [3.63, 3.8) is 0 Å². The third kappa shape index (κ3) is 5.93. The highest BCUT2D eigenvalue weighted by molar-refractivity contribution is 5.78. The van der Waals surface area contributed by atoms with Crippen LogP contribution in [0.15, 0.2) is 54.6 Å². The maximum atomic E-state index is 12.4. The molecule has 4 rings (SSSR count). The van der Waals surface area contributed by atoms with Gasteiger partial charge in [0.05, 0.1) is 17.1 Å². The van der Waals surface area contributed by atoms with E-state index in [0.29, 0.717) is 12.5 Å². The van der Waals surface area contributed by atoms with Crippen LogP contribution in [0.5, 0.6) is 5.75 Å². The van der Waals surface area contributed by atoms with Crippen molar-refractivity contribution in [2.24, 2.45) is 11.8 Å². The summed E-state index contributed by atoms with van der Waals surface area (Å²) in [5.74, 6) is 0.289. The van der Waals surface area contributed by atoms with Gasteiger partial charge in [0.1, 0.15) is 12.4 Å². The summed E-state index contributed by atoms with van der Waals surface area (Å²) in [7, 11) is 0. The van der Waals surface area contributed by atoms with E-state index in [1.165, 1.54) is 12.8 Å². The van der Waals surface area contributed by atoms with Gasteiger partial charge >= 0.3 is 5.97 Å². The first-order valence-corrected chi connectivity index (χ1v) is 12.3. The third-order valence-corrected chi connectivity index (χ3v) is 6.76. The van der Waals surface area contributed by atoms with Crippen LogP contribution >= 0.6 is 0 Å². The highest BCUT2D eigenvalue weighted by Crippen LogP contribution is 2.38. The van der Waals surface area contributed by atoms with Crippen LogP contribution in [0, 0.1) is 11.8 Å². The molecule has 4 nitrogen and oxygen atoms in total. The van der Waals surface area contributed by atoms with E-state index in [9.17, 15) is 9.90 Å². The van der Waals surface area contributed by atoms with Crippen molar-refractivity contribution in [1.82, 2.24) is 4.98 Å². The number of hydrogen-bond donors (Lipinski definition) is 1. The molecule has 1 heterocycles. The van der Waals surface area contributed by atoms with E-state index in [4.69, 9.17) is 9.72 Å². The number of fused-ring (bicyclic) bond motifs is 1. The molecule has 2 aromatic carbocycles. The van der Waals surface area contributed by atoms with Gasteiger partial charge in [-0.05, 0) is 66.5 Å². The molecule has 0 amide bonds. The number of carboxylic acids is 1. The SMILES string of the molecule is CC(C)Cc1cc(OCc2ccc3ccccc3n2)ccc1C(C(=O)O)C1CCCCCC1. The molecule has 0 radical (unpaired) electrons. The molecule has 174 valence electrons. The van der Waals surface area contributed by atoms with Crippen LogP contribution in [0.4, 0.5) is 0 Å². The van der Waals surface area contributed by atoms with E-state index in [1.54, 1.807) is 0 Å². The Morgan fingerprint density at radius 3 is 2.52 bits per heavy atom. The number of hydrogen-bond acceptors (Lipinski definition) is 3. The molecule has 33 heavy (non-hydrogen) atoms. The first-order chi connectivity index (χ1) is 16.0. The molecule has 0 aliphatic heterocycles. The first-order valence-electron chi connectivity index (χ1n) is 12.3. The maximum Gasteiger partial charge on any atom is 0.311 e. The van der Waals surface area contributed by atoms with E-state index < -0.39 is 11.9 Å². The summed E-state index contributed by atoms with van der Waals surface area (Å²) >= 11 is 0. The summed E-state index contributed by atoms with van der Waals surface area (Å²) in [6, 6.07) is 18.1. The standard InChI is InChI=1S/C29H35NO3/c1-20(2)17-23-18-25(33-19-24-14-13-21-9-7-8-12-27(21)30-24)15-16-26(23)28(29(31)32)22-10-5-3-4-6-11-22/h7-9,12-16,18,20,22,28H,3-6,10-11,17,19H2,1-2H3,(H,31,32). The number of para-hydroxylation sites is 1. The molecule has 3 aromatic rings. The van der Waals surface area contributed by atoms with E-state index >= 15 is 0 Å². The number of benzene rings is 2. The largest absolute Gasteiger partial charge is 0.487 e. The summed E-state index contributed by atoms with van der Waals surface area (Å²) in [4.78, 5) is 17.1. The van der Waals surface area contributed by atoms with Gasteiger partial charge in [-0.3, -0.25) is 4.79 Å². The molecule has 1 saturated carbocycles. The summed E-state index contributed by atoms with van der Waals surface area (Å²) < 4.78 is 6.11. The van der Waals surface area contributed by atoms with E-state index in [2.05, 4.69) is 32.0 Å². The summed E-state index contributed by atoms with van der Waals surface area (Å²) in [5, 5.41) is 11.3. The zero-order chi connectivity index (χ0) is 23.2. The molecule has 1 aliphatic carbocycles. The summed E-state index contributed by atoms with van der Waals surface area (Å²) in [5.41, 5.74) is 3.91. The van der Waals surface area contributed by atoms with Crippen molar-refractivity contribution in [2.75, 3.05) is 0 Å². The normalized spacial score (nSPS) is 16.0. The highest BCUT2D eigenvalue weighted by atomic mass is 16.5. The predicted octanol–water partition coefficient (Wildman–Crippen LogP) is 7.15. The van der Waals surface area contributed by atoms with Crippen molar-refractivity contribution in [3.8, 4) is 5.75 Å². The Kier molecular flexibility index (Phi) is 7.64. The third-order valence-electron chi connectivity index (χ3n) is 6.76. The second kappa shape index (κ2) is 10.8. The molecule has 0 spiro atoms. The monoisotopic (exact) mass is 445 g/mol. The average Bonchev–Trinajstić information content (AvgIpc) is 3.08. The number of ether oxygens (including phenoxy) is 1. The zero-order valence-electron chi connectivity index (χ0n) is 19.8. The molecular formula is C29H35NO3. The molecule has 1 N–H and O–H groups in total. The van der Waals surface area contributed by atoms with E-state index in [1.807, 2.05) is 36.4 Å². The Bertz CT molecular complexity index is 1080. The first kappa shape index (κ1) is 23.3. The van der Waals surface area contributed by atoms with Crippen molar-refractivity contribution in [2.45, 2.75) is 71.3 Å². The molecule has 1 aromatic heterocycles. The van der Waals surface area contributed by atoms with Crippen LogP contribution in [0.25, 0.3) is 10.9 Å². The number of nitrogens with zero attached hydrogens (tertiary/aromatic N) is 1. The van der Waals surface area contributed by atoms with Crippen LogP contribution in [0.3, 0.4) is 0 Å². The number of aromatic nitrogens is 1. The van der Waals surface area contributed by atoms with Gasteiger partial charge in [-0.25, -0.2) is 4.98 Å². The molecule has 0 bridgehead atoms. The van der Waals surface area contributed by atoms with Crippen molar-refractivity contribution in [3.05, 3.63) is 71.4 Å². The molecule has 4 heteroatoms. The summed E-state index contributed by atoms with van der Waals surface area (Å²) in [6.45, 7) is 4.74. The van der Waals surface area contributed by atoms with Crippen LogP contribution in [0.2, 0.25) is 0 Å². The van der Waals surface area contributed by atoms with Crippen molar-refractivity contribution in [1.29, 1.82) is 0 Å². The highest BCUT2D eigenvalue weighted by Gasteiger charge is 2.32. The predicted molar refractivity (Wildman–Crippen MR) is 133 cm³/mol. The minimum Gasteiger partial charge on any atom is -0.487 e. The Hall–Kier alpha value is -2.88. The Balaban J connectivity index is 1.57. The van der Waals surface area contributed by atoms with Gasteiger partial charge in [-0.2, -0.15) is 0 Å². The Morgan fingerprint density at radius 1 is 1.03 bits per heavy atom. The van der Waals surface area contributed by atoms with Crippen LogP contribution < -0.4 is 4.74 Å². The van der Waals surface area contributed by atoms with Crippen molar-refractivity contribution >= 4 is 16.9 Å². The zero-order valence-corrected chi connectivity index (χ0v) is 19.8. The minimum absolute atomic E-state index is 0.212. The molecule has 0 saturated heterocycles. The lowest BCUT2D eigenvalue weighted by Crippen LogP contribution is -2.23. The number of pyridine rings is 1. The number of aliphatic carboxylic acids is 1. The molecule has 1 fully saturated rings. The number of rotatable bonds is 8. The Morgan fingerprint density at radius 2 is 1.79 bits per heavy atom. The van der Waals surface area contributed by atoms with Crippen LogP contribution in [0.1, 0.15) is 75.1 Å². The van der Waals surface area contributed by atoms with Crippen molar-refractivity contribution < 1.29 is 14.6 Å². The lowest BCUT2D eigenvalue weighted by molar-refractivity contribution is -0.140. The van der Waals surface area contributed by atoms with Crippen LogP contribution in [-0.4, -0.2) is 16.1 Å². The van der Waals surface area contributed by atoms with Gasteiger partial charge in [0.25, 0.3) is 0 Å². The van der Waals surface area contributed by atoms with Crippen LogP contribution in [-0.2, 0) is 17.8 Å². The average molecular weight is 446 g/mol. The fraction of sp³-hybridized carbons (Fsp3) is 0.448. The number of carbonyl (C=O) groups is 1. The second-order valence-corrected chi connectivity index (χ2v) is 9.81. The quantitative estimate of drug-likeness (QED) is 0.374. The fourth-order valence-corrected chi connectivity index (χ4v) is 5.17. The second-order valence-electron chi connectivity index (χ2n) is 9.81. The van der Waals surface area contributed by atoms with E-state index in [-0.39, 0.29) is 5.92 Å². The molecule has 1 atom stereocenters. The van der Waals surface area contributed by atoms with Gasteiger partial charge in [0.15, 0.2) is 0 Å². The van der Waals surface area contributed by atoms with E-state index in [0.717, 1.165) is 65.6 Å². The molecular weight excluding hydrogens is 410 g/mol. The van der Waals surface area contributed by atoms with Gasteiger partial charge in [0, 0.05) is 5.39 Å². The smallest absolute Gasteiger partial charge is 0.311 e. The maximum absolute atomic E-state index is 12.4. The summed E-state index contributed by atoms with van der Waals surface area (Å²) in [6.07, 6.45) is 7.56. The Labute approximate surface area is 197 Å². The fourth-order valence-electron chi connectivity index (χ4n) is 5.17. The molecule has 1 unspecified atom stereocenters. The lowest BCUT2D eigenvalue weighted by Gasteiger charge is -2.26. The molecule has 1 aliphatic rings. The van der Waals surface area contributed by atoms with Gasteiger partial charge in [0.2, 0.25) is 0 Å². The number of carboxylic acid groups (broad SMARTS) is 1. The van der Waals surface area contributed by atoms with Gasteiger partial charge in [-0.1, -0.05) is 69.9 Å². The van der Waals surface area contributed by atoms with Gasteiger partial charge in [-0.15, -0.1) is 0 Å². The topological polar surface area (TPSA) is 59.4 Å². The minimum atomic E-state index is -0.694. The lowest BCUT2D eigenvalue weighted by atomic mass is 9.78. The van der Waals surface area contributed by atoms with Gasteiger partial charge < -0.3 is 9.84 Å².